The monoisotopic (exact) mass is 457 g/mol. The minimum atomic E-state index is -0.300. The van der Waals surface area contributed by atoms with E-state index >= 15 is 0 Å². The summed E-state index contributed by atoms with van der Waals surface area (Å²) in [6, 6.07) is 3.83. The SMILES string of the molecule is CC(=O)C[C@H](Cc1cc(C)c(N)c(Cl)c1)C(=O)CC1=CCCC(C2CCC(C)CC2)CC1. The molecule has 2 N–H and O–H groups in total. The molecule has 0 aromatic heterocycles. The average molecular weight is 458 g/mol. The predicted molar refractivity (Wildman–Crippen MR) is 134 cm³/mol. The molecule has 1 unspecified atom stereocenters. The van der Waals surface area contributed by atoms with Gasteiger partial charge in [-0.15, -0.1) is 0 Å². The smallest absolute Gasteiger partial charge is 0.140 e. The van der Waals surface area contributed by atoms with Crippen LogP contribution in [-0.2, 0) is 16.0 Å². The molecule has 4 heteroatoms. The number of nitrogen functional groups attached to an aromatic ring is 1. The average Bonchev–Trinajstić information content (AvgIpc) is 2.97. The molecule has 32 heavy (non-hydrogen) atoms. The van der Waals surface area contributed by atoms with Crippen LogP contribution in [-0.4, -0.2) is 11.6 Å². The molecular formula is C28H40ClNO2. The second kappa shape index (κ2) is 11.5. The number of allylic oxidation sites excluding steroid dienone is 2. The fourth-order valence-corrected chi connectivity index (χ4v) is 6.04. The third-order valence-corrected chi connectivity index (χ3v) is 8.12. The first-order chi connectivity index (χ1) is 15.2. The zero-order chi connectivity index (χ0) is 23.3. The fourth-order valence-electron chi connectivity index (χ4n) is 5.75. The molecule has 1 aromatic rings. The van der Waals surface area contributed by atoms with Crippen LogP contribution in [0, 0.1) is 30.6 Å². The molecule has 0 radical (unpaired) electrons. The Kier molecular flexibility index (Phi) is 8.99. The Morgan fingerprint density at radius 3 is 2.44 bits per heavy atom. The van der Waals surface area contributed by atoms with Crippen molar-refractivity contribution in [1.29, 1.82) is 0 Å². The summed E-state index contributed by atoms with van der Waals surface area (Å²) in [6.07, 6.45) is 13.7. The Morgan fingerprint density at radius 2 is 1.78 bits per heavy atom. The summed E-state index contributed by atoms with van der Waals surface area (Å²) in [6.45, 7) is 5.87. The number of hydrogen-bond donors (Lipinski definition) is 1. The third-order valence-electron chi connectivity index (χ3n) is 7.80. The van der Waals surface area contributed by atoms with Crippen molar-refractivity contribution < 1.29 is 9.59 Å². The summed E-state index contributed by atoms with van der Waals surface area (Å²) < 4.78 is 0. The highest BCUT2D eigenvalue weighted by molar-refractivity contribution is 6.33. The summed E-state index contributed by atoms with van der Waals surface area (Å²) in [5.74, 6) is 2.51. The van der Waals surface area contributed by atoms with Gasteiger partial charge in [-0.1, -0.05) is 49.1 Å². The molecule has 0 bridgehead atoms. The lowest BCUT2D eigenvalue weighted by Gasteiger charge is -2.32. The zero-order valence-corrected chi connectivity index (χ0v) is 20.8. The van der Waals surface area contributed by atoms with Gasteiger partial charge in [0.05, 0.1) is 10.7 Å². The number of halogens is 1. The van der Waals surface area contributed by atoms with E-state index in [0.717, 1.165) is 41.7 Å². The maximum Gasteiger partial charge on any atom is 0.140 e. The highest BCUT2D eigenvalue weighted by Crippen LogP contribution is 2.39. The van der Waals surface area contributed by atoms with Crippen molar-refractivity contribution in [1.82, 2.24) is 0 Å². The van der Waals surface area contributed by atoms with Crippen molar-refractivity contribution in [3.05, 3.63) is 39.9 Å². The summed E-state index contributed by atoms with van der Waals surface area (Å²) in [4.78, 5) is 25.2. The van der Waals surface area contributed by atoms with E-state index in [9.17, 15) is 9.59 Å². The first-order valence-electron chi connectivity index (χ1n) is 12.5. The van der Waals surface area contributed by atoms with Crippen LogP contribution < -0.4 is 5.73 Å². The van der Waals surface area contributed by atoms with Crippen LogP contribution in [0.25, 0.3) is 0 Å². The van der Waals surface area contributed by atoms with Crippen molar-refractivity contribution in [2.24, 2.45) is 23.7 Å². The molecule has 0 saturated heterocycles. The van der Waals surface area contributed by atoms with E-state index in [1.54, 1.807) is 6.92 Å². The molecular weight excluding hydrogens is 418 g/mol. The van der Waals surface area contributed by atoms with Crippen molar-refractivity contribution >= 4 is 28.9 Å². The van der Waals surface area contributed by atoms with Crippen LogP contribution in [0.2, 0.25) is 5.02 Å². The zero-order valence-electron chi connectivity index (χ0n) is 20.1. The largest absolute Gasteiger partial charge is 0.397 e. The molecule has 0 heterocycles. The van der Waals surface area contributed by atoms with E-state index in [4.69, 9.17) is 17.3 Å². The number of carbonyl (C=O) groups is 2. The quantitative estimate of drug-likeness (QED) is 0.329. The van der Waals surface area contributed by atoms with Crippen molar-refractivity contribution in [2.45, 2.75) is 91.4 Å². The van der Waals surface area contributed by atoms with E-state index in [1.807, 2.05) is 19.1 Å². The van der Waals surface area contributed by atoms with Gasteiger partial charge in [0.1, 0.15) is 11.6 Å². The van der Waals surface area contributed by atoms with Crippen LogP contribution in [0.4, 0.5) is 5.69 Å². The van der Waals surface area contributed by atoms with Gasteiger partial charge in [-0.25, -0.2) is 0 Å². The Bertz CT molecular complexity index is 828. The van der Waals surface area contributed by atoms with Crippen LogP contribution in [0.3, 0.4) is 0 Å². The molecule has 0 aliphatic heterocycles. The first kappa shape index (κ1) is 25.0. The molecule has 2 aliphatic carbocycles. The Labute approximate surface area is 199 Å². The van der Waals surface area contributed by atoms with Gasteiger partial charge < -0.3 is 10.5 Å². The normalized spacial score (nSPS) is 25.0. The Hall–Kier alpha value is -1.61. The van der Waals surface area contributed by atoms with Gasteiger partial charge in [-0.2, -0.15) is 0 Å². The van der Waals surface area contributed by atoms with Gasteiger partial charge in [0, 0.05) is 18.8 Å². The van der Waals surface area contributed by atoms with Gasteiger partial charge in [0.2, 0.25) is 0 Å². The second-order valence-electron chi connectivity index (χ2n) is 10.5. The van der Waals surface area contributed by atoms with Gasteiger partial charge in [-0.3, -0.25) is 4.79 Å². The van der Waals surface area contributed by atoms with E-state index in [0.29, 0.717) is 23.6 Å². The molecule has 3 rings (SSSR count). The maximum absolute atomic E-state index is 13.3. The molecule has 2 aliphatic rings. The van der Waals surface area contributed by atoms with Crippen LogP contribution >= 0.6 is 11.6 Å². The van der Waals surface area contributed by atoms with E-state index in [1.165, 1.54) is 44.1 Å². The molecule has 1 fully saturated rings. The van der Waals surface area contributed by atoms with Crippen molar-refractivity contribution in [3.63, 3.8) is 0 Å². The van der Waals surface area contributed by atoms with Crippen LogP contribution in [0.1, 0.15) is 89.2 Å². The summed E-state index contributed by atoms with van der Waals surface area (Å²) >= 11 is 6.26. The number of hydrogen-bond acceptors (Lipinski definition) is 3. The number of anilines is 1. The minimum Gasteiger partial charge on any atom is -0.397 e. The lowest BCUT2D eigenvalue weighted by atomic mass is 9.74. The Morgan fingerprint density at radius 1 is 1.09 bits per heavy atom. The number of carbonyl (C=O) groups excluding carboxylic acids is 2. The molecule has 0 amide bonds. The van der Waals surface area contributed by atoms with E-state index in [-0.39, 0.29) is 23.9 Å². The number of Topliss-reactive ketones (excluding diaryl/α,β-unsaturated/α-hetero) is 2. The van der Waals surface area contributed by atoms with Crippen LogP contribution in [0.5, 0.6) is 0 Å². The number of nitrogens with two attached hydrogens (primary N) is 1. The lowest BCUT2D eigenvalue weighted by molar-refractivity contribution is -0.126. The summed E-state index contributed by atoms with van der Waals surface area (Å²) in [5.41, 5.74) is 9.72. The van der Waals surface area contributed by atoms with Crippen molar-refractivity contribution in [2.75, 3.05) is 5.73 Å². The predicted octanol–water partition coefficient (Wildman–Crippen LogP) is 7.27. The maximum atomic E-state index is 13.3. The van der Waals surface area contributed by atoms with Crippen molar-refractivity contribution in [3.8, 4) is 0 Å². The van der Waals surface area contributed by atoms with E-state index < -0.39 is 0 Å². The first-order valence-corrected chi connectivity index (χ1v) is 12.8. The molecule has 2 atom stereocenters. The topological polar surface area (TPSA) is 60.2 Å². The number of aryl methyl sites for hydroxylation is 1. The lowest BCUT2D eigenvalue weighted by Crippen LogP contribution is -2.21. The standard InChI is InChI=1S/C28H40ClNO2/c1-18-7-10-24(11-8-18)23-6-4-5-21(9-12-23)17-27(32)25(14-20(3)31)15-22-13-19(2)28(30)26(29)16-22/h5,13,16,18,23-25H,4,6-12,14-15,17,30H2,1-3H3/t18?,23?,24?,25-/m1/s1. The van der Waals surface area contributed by atoms with Gasteiger partial charge in [-0.05, 0) is 93.7 Å². The Balaban J connectivity index is 1.61. The van der Waals surface area contributed by atoms with Crippen LogP contribution in [0.15, 0.2) is 23.8 Å². The molecule has 1 saturated carbocycles. The summed E-state index contributed by atoms with van der Waals surface area (Å²) in [7, 11) is 0. The number of ketones is 2. The second-order valence-corrected chi connectivity index (χ2v) is 10.9. The van der Waals surface area contributed by atoms with Gasteiger partial charge in [0.25, 0.3) is 0 Å². The third kappa shape index (κ3) is 6.94. The minimum absolute atomic E-state index is 0.0584. The highest BCUT2D eigenvalue weighted by atomic mass is 35.5. The molecule has 3 nitrogen and oxygen atoms in total. The fraction of sp³-hybridized carbons (Fsp3) is 0.643. The molecule has 176 valence electrons. The van der Waals surface area contributed by atoms with E-state index in [2.05, 4.69) is 13.0 Å². The number of benzene rings is 1. The van der Waals surface area contributed by atoms with Gasteiger partial charge >= 0.3 is 0 Å². The van der Waals surface area contributed by atoms with Gasteiger partial charge in [0.15, 0.2) is 0 Å². The molecule has 1 aromatic carbocycles. The molecule has 0 spiro atoms. The highest BCUT2D eigenvalue weighted by Gasteiger charge is 2.28. The summed E-state index contributed by atoms with van der Waals surface area (Å²) in [5, 5.41) is 0.517. The number of rotatable bonds is 8.